The van der Waals surface area contributed by atoms with Gasteiger partial charge in [0.05, 0.1) is 0 Å². The largest absolute Gasteiger partial charge is 0.507 e. The summed E-state index contributed by atoms with van der Waals surface area (Å²) in [5.74, 6) is 0.370. The van der Waals surface area contributed by atoms with Gasteiger partial charge in [0.25, 0.3) is 0 Å². The van der Waals surface area contributed by atoms with Gasteiger partial charge in [-0.25, -0.2) is 0 Å². The van der Waals surface area contributed by atoms with Crippen molar-refractivity contribution in [2.45, 2.75) is 16.6 Å². The first kappa shape index (κ1) is 10.9. The highest BCUT2D eigenvalue weighted by Gasteiger charge is 2.17. The number of aromatic hydroxyl groups is 1. The summed E-state index contributed by atoms with van der Waals surface area (Å²) in [4.78, 5) is 1.27. The second-order valence-electron chi connectivity index (χ2n) is 4.36. The van der Waals surface area contributed by atoms with E-state index in [9.17, 15) is 5.11 Å². The fourth-order valence-corrected chi connectivity index (χ4v) is 3.51. The molecule has 2 N–H and O–H groups in total. The van der Waals surface area contributed by atoms with Crippen LogP contribution < -0.4 is 5.32 Å². The molecule has 0 aliphatic carbocycles. The third kappa shape index (κ3) is 2.13. The van der Waals surface area contributed by atoms with Gasteiger partial charge < -0.3 is 10.4 Å². The molecule has 0 radical (unpaired) electrons. The second kappa shape index (κ2) is 4.59. The van der Waals surface area contributed by atoms with E-state index in [1.54, 1.807) is 6.07 Å². The van der Waals surface area contributed by atoms with E-state index in [-0.39, 0.29) is 0 Å². The number of phenolic OH excluding ortho intramolecular Hbond substituents is 1. The van der Waals surface area contributed by atoms with Crippen LogP contribution in [-0.4, -0.2) is 23.4 Å². The minimum absolute atomic E-state index is 0.370. The van der Waals surface area contributed by atoms with E-state index in [1.807, 2.05) is 36.0 Å². The fraction of sp³-hybridized carbons (Fsp3) is 0.286. The molecule has 3 rings (SSSR count). The minimum Gasteiger partial charge on any atom is -0.507 e. The van der Waals surface area contributed by atoms with Gasteiger partial charge in [0.1, 0.15) is 5.75 Å². The zero-order valence-electron chi connectivity index (χ0n) is 9.52. The van der Waals surface area contributed by atoms with Crippen molar-refractivity contribution in [2.75, 3.05) is 13.1 Å². The molecule has 1 aliphatic heterocycles. The standard InChI is InChI=1S/C14H15NOS/c16-13-5-6-14(17-10-7-8-15-9-10)12-4-2-1-3-11(12)13/h1-6,10,15-16H,7-9H2. The van der Waals surface area contributed by atoms with E-state index < -0.39 is 0 Å². The summed E-state index contributed by atoms with van der Waals surface area (Å²) < 4.78 is 0. The summed E-state index contributed by atoms with van der Waals surface area (Å²) in [6.07, 6.45) is 1.22. The van der Waals surface area contributed by atoms with Crippen molar-refractivity contribution >= 4 is 22.5 Å². The van der Waals surface area contributed by atoms with Crippen molar-refractivity contribution in [1.82, 2.24) is 5.32 Å². The SMILES string of the molecule is Oc1ccc(SC2CCNC2)c2ccccc12. The molecule has 88 valence electrons. The van der Waals surface area contributed by atoms with Gasteiger partial charge in [-0.1, -0.05) is 24.3 Å². The summed E-state index contributed by atoms with van der Waals surface area (Å²) in [7, 11) is 0. The Morgan fingerprint density at radius 1 is 1.12 bits per heavy atom. The molecule has 1 fully saturated rings. The second-order valence-corrected chi connectivity index (χ2v) is 5.70. The molecule has 2 aromatic rings. The summed E-state index contributed by atoms with van der Waals surface area (Å²) in [6.45, 7) is 2.20. The van der Waals surface area contributed by atoms with Gasteiger partial charge in [0.2, 0.25) is 0 Å². The number of rotatable bonds is 2. The number of hydrogen-bond acceptors (Lipinski definition) is 3. The van der Waals surface area contributed by atoms with Gasteiger partial charge >= 0.3 is 0 Å². The molecular formula is C14H15NOS. The highest BCUT2D eigenvalue weighted by Crippen LogP contribution is 2.36. The lowest BCUT2D eigenvalue weighted by atomic mass is 10.1. The first-order chi connectivity index (χ1) is 8.34. The smallest absolute Gasteiger partial charge is 0.123 e. The monoisotopic (exact) mass is 245 g/mol. The molecule has 1 aliphatic rings. The van der Waals surface area contributed by atoms with Gasteiger partial charge in [-0.2, -0.15) is 0 Å². The Balaban J connectivity index is 2.01. The van der Waals surface area contributed by atoms with Gasteiger partial charge in [-0.05, 0) is 30.5 Å². The van der Waals surface area contributed by atoms with E-state index in [2.05, 4.69) is 11.4 Å². The predicted octanol–water partition coefficient (Wildman–Crippen LogP) is 3.00. The maximum absolute atomic E-state index is 9.83. The molecule has 1 unspecified atom stereocenters. The molecule has 2 aromatic carbocycles. The number of phenols is 1. The maximum atomic E-state index is 9.83. The Labute approximate surface area is 105 Å². The number of nitrogens with one attached hydrogen (secondary N) is 1. The fourth-order valence-electron chi connectivity index (χ4n) is 2.27. The molecule has 1 atom stereocenters. The zero-order valence-corrected chi connectivity index (χ0v) is 10.3. The molecule has 0 bridgehead atoms. The average Bonchev–Trinajstić information content (AvgIpc) is 2.86. The Morgan fingerprint density at radius 3 is 2.71 bits per heavy atom. The average molecular weight is 245 g/mol. The third-order valence-corrected chi connectivity index (χ3v) is 4.52. The van der Waals surface area contributed by atoms with Crippen LogP contribution in [0.3, 0.4) is 0 Å². The molecule has 0 amide bonds. The van der Waals surface area contributed by atoms with Gasteiger partial charge in [-0.15, -0.1) is 11.8 Å². The van der Waals surface area contributed by atoms with Crippen molar-refractivity contribution in [3.05, 3.63) is 36.4 Å². The lowest BCUT2D eigenvalue weighted by Crippen LogP contribution is -2.09. The van der Waals surface area contributed by atoms with Crippen LogP contribution in [0.25, 0.3) is 10.8 Å². The molecule has 0 spiro atoms. The van der Waals surface area contributed by atoms with Gasteiger partial charge in [0.15, 0.2) is 0 Å². The van der Waals surface area contributed by atoms with Crippen molar-refractivity contribution in [3.63, 3.8) is 0 Å². The van der Waals surface area contributed by atoms with E-state index in [1.165, 1.54) is 11.3 Å². The normalized spacial score (nSPS) is 19.9. The Hall–Kier alpha value is -1.19. The minimum atomic E-state index is 0.370. The van der Waals surface area contributed by atoms with Crippen LogP contribution in [0.15, 0.2) is 41.3 Å². The number of thioether (sulfide) groups is 1. The highest BCUT2D eigenvalue weighted by molar-refractivity contribution is 8.00. The Kier molecular flexibility index (Phi) is 2.95. The summed E-state index contributed by atoms with van der Waals surface area (Å²) in [6, 6.07) is 11.9. The Morgan fingerprint density at radius 2 is 1.94 bits per heavy atom. The van der Waals surface area contributed by atoms with Crippen LogP contribution in [-0.2, 0) is 0 Å². The molecule has 1 saturated heterocycles. The number of fused-ring (bicyclic) bond motifs is 1. The molecule has 2 nitrogen and oxygen atoms in total. The molecule has 0 saturated carbocycles. The Bertz CT molecular complexity index is 535. The van der Waals surface area contributed by atoms with Crippen LogP contribution in [0.1, 0.15) is 6.42 Å². The van der Waals surface area contributed by atoms with Crippen molar-refractivity contribution in [1.29, 1.82) is 0 Å². The number of hydrogen-bond donors (Lipinski definition) is 2. The lowest BCUT2D eigenvalue weighted by Gasteiger charge is -2.11. The summed E-state index contributed by atoms with van der Waals surface area (Å²) >= 11 is 1.92. The van der Waals surface area contributed by atoms with Crippen LogP contribution in [0.5, 0.6) is 5.75 Å². The molecule has 0 aromatic heterocycles. The van der Waals surface area contributed by atoms with Crippen LogP contribution in [0.2, 0.25) is 0 Å². The van der Waals surface area contributed by atoms with Crippen molar-refractivity contribution < 1.29 is 5.11 Å². The summed E-state index contributed by atoms with van der Waals surface area (Å²) in [5.41, 5.74) is 0. The zero-order chi connectivity index (χ0) is 11.7. The van der Waals surface area contributed by atoms with Crippen molar-refractivity contribution in [2.24, 2.45) is 0 Å². The van der Waals surface area contributed by atoms with Crippen molar-refractivity contribution in [3.8, 4) is 5.75 Å². The molecular weight excluding hydrogens is 230 g/mol. The summed E-state index contributed by atoms with van der Waals surface area (Å²) in [5, 5.41) is 16.0. The topological polar surface area (TPSA) is 32.3 Å². The van der Waals surface area contributed by atoms with Crippen LogP contribution in [0, 0.1) is 0 Å². The lowest BCUT2D eigenvalue weighted by molar-refractivity contribution is 0.481. The van der Waals surface area contributed by atoms with E-state index >= 15 is 0 Å². The molecule has 1 heterocycles. The first-order valence-electron chi connectivity index (χ1n) is 5.93. The van der Waals surface area contributed by atoms with E-state index in [0.717, 1.165) is 23.9 Å². The van der Waals surface area contributed by atoms with Crippen LogP contribution >= 0.6 is 11.8 Å². The quantitative estimate of drug-likeness (QED) is 0.853. The maximum Gasteiger partial charge on any atom is 0.123 e. The third-order valence-electron chi connectivity index (χ3n) is 3.17. The first-order valence-corrected chi connectivity index (χ1v) is 6.80. The predicted molar refractivity (Wildman–Crippen MR) is 72.7 cm³/mol. The number of benzene rings is 2. The molecule has 17 heavy (non-hydrogen) atoms. The van der Waals surface area contributed by atoms with Crippen LogP contribution in [0.4, 0.5) is 0 Å². The highest BCUT2D eigenvalue weighted by atomic mass is 32.2. The van der Waals surface area contributed by atoms with Gasteiger partial charge in [-0.3, -0.25) is 0 Å². The van der Waals surface area contributed by atoms with E-state index in [0.29, 0.717) is 11.0 Å². The molecule has 3 heteroatoms. The van der Waals surface area contributed by atoms with E-state index in [4.69, 9.17) is 0 Å². The van der Waals surface area contributed by atoms with Gasteiger partial charge in [0, 0.05) is 22.1 Å².